The van der Waals surface area contributed by atoms with Crippen LogP contribution in [-0.2, 0) is 10.2 Å². The van der Waals surface area contributed by atoms with Crippen LogP contribution in [0.15, 0.2) is 40.9 Å². The van der Waals surface area contributed by atoms with Crippen molar-refractivity contribution < 1.29 is 19.2 Å². The highest BCUT2D eigenvalue weighted by Gasteiger charge is 2.25. The Morgan fingerprint density at radius 1 is 1.31 bits per heavy atom. The van der Waals surface area contributed by atoms with Crippen LogP contribution in [0.5, 0.6) is 0 Å². The molecule has 1 aromatic carbocycles. The van der Waals surface area contributed by atoms with E-state index in [0.717, 1.165) is 0 Å². The highest BCUT2D eigenvalue weighted by molar-refractivity contribution is 6.01. The monoisotopic (exact) mass is 357 g/mol. The van der Waals surface area contributed by atoms with Gasteiger partial charge in [0.1, 0.15) is 6.04 Å². The van der Waals surface area contributed by atoms with E-state index in [1.807, 2.05) is 20.8 Å². The second-order valence-corrected chi connectivity index (χ2v) is 6.89. The number of carbonyl (C=O) groups excluding carboxylic acids is 1. The van der Waals surface area contributed by atoms with Gasteiger partial charge in [-0.05, 0) is 25.5 Å². The molecule has 0 saturated heterocycles. The van der Waals surface area contributed by atoms with E-state index in [-0.39, 0.29) is 23.3 Å². The summed E-state index contributed by atoms with van der Waals surface area (Å²) in [6, 6.07) is 5.72. The summed E-state index contributed by atoms with van der Waals surface area (Å²) in [5, 5.41) is 15.8. The number of amides is 1. The molecule has 1 heterocycles. The zero-order valence-electron chi connectivity index (χ0n) is 15.3. The molecule has 7 nitrogen and oxygen atoms in total. The molecule has 0 radical (unpaired) electrons. The Hall–Kier alpha value is -2.96. The van der Waals surface area contributed by atoms with Crippen LogP contribution in [0.1, 0.15) is 50.3 Å². The molecule has 0 spiro atoms. The molecule has 0 saturated carbocycles. The van der Waals surface area contributed by atoms with Gasteiger partial charge in [0, 0.05) is 5.41 Å². The lowest BCUT2D eigenvalue weighted by atomic mass is 9.96. The molecule has 1 atom stereocenters. The predicted molar refractivity (Wildman–Crippen MR) is 96.8 cm³/mol. The van der Waals surface area contributed by atoms with Gasteiger partial charge in [0.25, 0.3) is 11.8 Å². The van der Waals surface area contributed by atoms with Crippen LogP contribution in [0.2, 0.25) is 0 Å². The summed E-state index contributed by atoms with van der Waals surface area (Å²) in [5.74, 6) is -0.852. The lowest BCUT2D eigenvalue weighted by Gasteiger charge is -2.14. The molecule has 0 bridgehead atoms. The molecule has 2 aromatic rings. The van der Waals surface area contributed by atoms with Crippen molar-refractivity contribution in [3.63, 3.8) is 0 Å². The maximum absolute atomic E-state index is 12.6. The van der Waals surface area contributed by atoms with Gasteiger partial charge in [-0.3, -0.25) is 4.79 Å². The molecule has 2 N–H and O–H groups in total. The first-order valence-electron chi connectivity index (χ1n) is 8.32. The highest BCUT2D eigenvalue weighted by Crippen LogP contribution is 2.26. The third kappa shape index (κ3) is 4.56. The third-order valence-corrected chi connectivity index (χ3v) is 3.71. The Kier molecular flexibility index (Phi) is 5.92. The fraction of sp³-hybridized carbons (Fsp3) is 0.368. The SMILES string of the molecule is C/C=C/CC(NC(=O)c1ccccc1-c1nc(C(C)(C)C)no1)C(=O)O. The van der Waals surface area contributed by atoms with Gasteiger partial charge in [0.15, 0.2) is 5.82 Å². The summed E-state index contributed by atoms with van der Waals surface area (Å²) in [6.07, 6.45) is 3.63. The summed E-state index contributed by atoms with van der Waals surface area (Å²) in [4.78, 5) is 28.4. The van der Waals surface area contributed by atoms with Crippen LogP contribution in [0.3, 0.4) is 0 Å². The fourth-order valence-electron chi connectivity index (χ4n) is 2.23. The molecule has 1 unspecified atom stereocenters. The van der Waals surface area contributed by atoms with Crippen molar-refractivity contribution in [2.24, 2.45) is 0 Å². The lowest BCUT2D eigenvalue weighted by Crippen LogP contribution is -2.40. The molecule has 1 amide bonds. The number of carboxylic acids is 1. The minimum atomic E-state index is -1.10. The standard InChI is InChI=1S/C19H23N3O4/c1-5-6-11-14(17(24)25)20-15(23)12-9-7-8-10-13(12)16-21-18(22-26-16)19(2,3)4/h5-10,14H,11H2,1-4H3,(H,20,23)(H,24,25)/b6-5+. The van der Waals surface area contributed by atoms with E-state index in [1.165, 1.54) is 0 Å². The number of aromatic nitrogens is 2. The van der Waals surface area contributed by atoms with Crippen molar-refractivity contribution in [1.82, 2.24) is 15.5 Å². The lowest BCUT2D eigenvalue weighted by molar-refractivity contribution is -0.139. The van der Waals surface area contributed by atoms with Crippen LogP contribution in [0.25, 0.3) is 11.5 Å². The largest absolute Gasteiger partial charge is 0.480 e. The molecule has 26 heavy (non-hydrogen) atoms. The average molecular weight is 357 g/mol. The van der Waals surface area contributed by atoms with Crippen molar-refractivity contribution in [1.29, 1.82) is 0 Å². The van der Waals surface area contributed by atoms with Gasteiger partial charge in [0.2, 0.25) is 0 Å². The van der Waals surface area contributed by atoms with Crippen molar-refractivity contribution in [2.45, 2.75) is 45.6 Å². The number of carbonyl (C=O) groups is 2. The molecule has 0 aliphatic rings. The summed E-state index contributed by atoms with van der Waals surface area (Å²) in [6.45, 7) is 7.66. The van der Waals surface area contributed by atoms with Gasteiger partial charge < -0.3 is 14.9 Å². The van der Waals surface area contributed by atoms with Gasteiger partial charge in [-0.25, -0.2) is 4.79 Å². The van der Waals surface area contributed by atoms with Crippen molar-refractivity contribution in [3.8, 4) is 11.5 Å². The van der Waals surface area contributed by atoms with Crippen LogP contribution in [-0.4, -0.2) is 33.2 Å². The topological polar surface area (TPSA) is 105 Å². The quantitative estimate of drug-likeness (QED) is 0.769. The molecule has 1 aromatic heterocycles. The van der Waals surface area contributed by atoms with Gasteiger partial charge in [-0.15, -0.1) is 0 Å². The predicted octanol–water partition coefficient (Wildman–Crippen LogP) is 3.18. The number of carboxylic acid groups (broad SMARTS) is 1. The zero-order chi connectivity index (χ0) is 19.3. The fourth-order valence-corrected chi connectivity index (χ4v) is 2.23. The molecule has 138 valence electrons. The summed E-state index contributed by atoms with van der Waals surface area (Å²) in [5.41, 5.74) is 0.450. The zero-order valence-corrected chi connectivity index (χ0v) is 15.3. The molecule has 2 rings (SSSR count). The molecule has 0 aliphatic carbocycles. The number of nitrogens with zero attached hydrogens (tertiary/aromatic N) is 2. The van der Waals surface area contributed by atoms with Gasteiger partial charge in [0.05, 0.1) is 11.1 Å². The third-order valence-electron chi connectivity index (χ3n) is 3.71. The number of hydrogen-bond acceptors (Lipinski definition) is 5. The van der Waals surface area contributed by atoms with Crippen molar-refractivity contribution >= 4 is 11.9 Å². The van der Waals surface area contributed by atoms with Crippen LogP contribution < -0.4 is 5.32 Å². The first-order valence-corrected chi connectivity index (χ1v) is 8.32. The minimum Gasteiger partial charge on any atom is -0.480 e. The normalized spacial score (nSPS) is 12.9. The molecule has 0 aliphatic heterocycles. The number of nitrogens with one attached hydrogen (secondary N) is 1. The Morgan fingerprint density at radius 2 is 2.00 bits per heavy atom. The van der Waals surface area contributed by atoms with E-state index in [1.54, 1.807) is 43.3 Å². The average Bonchev–Trinajstić information content (AvgIpc) is 3.08. The Morgan fingerprint density at radius 3 is 2.58 bits per heavy atom. The second-order valence-electron chi connectivity index (χ2n) is 6.89. The van der Waals surface area contributed by atoms with Crippen LogP contribution in [0.4, 0.5) is 0 Å². The number of hydrogen-bond donors (Lipinski definition) is 2. The van der Waals surface area contributed by atoms with E-state index in [2.05, 4.69) is 15.5 Å². The first-order chi connectivity index (χ1) is 12.2. The molecular weight excluding hydrogens is 334 g/mol. The number of rotatable bonds is 6. The van der Waals surface area contributed by atoms with Gasteiger partial charge in [-0.1, -0.05) is 50.2 Å². The van der Waals surface area contributed by atoms with Crippen LogP contribution in [0, 0.1) is 0 Å². The van der Waals surface area contributed by atoms with E-state index >= 15 is 0 Å². The maximum atomic E-state index is 12.6. The summed E-state index contributed by atoms with van der Waals surface area (Å²) in [7, 11) is 0. The molecule has 0 fully saturated rings. The van der Waals surface area contributed by atoms with E-state index in [0.29, 0.717) is 11.4 Å². The van der Waals surface area contributed by atoms with Crippen LogP contribution >= 0.6 is 0 Å². The smallest absolute Gasteiger partial charge is 0.326 e. The van der Waals surface area contributed by atoms with E-state index in [4.69, 9.17) is 4.52 Å². The summed E-state index contributed by atoms with van der Waals surface area (Å²) < 4.78 is 5.32. The van der Waals surface area contributed by atoms with Crippen molar-refractivity contribution in [2.75, 3.05) is 0 Å². The number of allylic oxidation sites excluding steroid dienone is 1. The highest BCUT2D eigenvalue weighted by atomic mass is 16.5. The van der Waals surface area contributed by atoms with E-state index in [9.17, 15) is 14.7 Å². The first kappa shape index (κ1) is 19.4. The van der Waals surface area contributed by atoms with E-state index < -0.39 is 17.9 Å². The van der Waals surface area contributed by atoms with Gasteiger partial charge >= 0.3 is 5.97 Å². The Balaban J connectivity index is 2.32. The number of benzene rings is 1. The molecular formula is C19H23N3O4. The molecule has 7 heteroatoms. The maximum Gasteiger partial charge on any atom is 0.326 e. The van der Waals surface area contributed by atoms with Gasteiger partial charge in [-0.2, -0.15) is 4.98 Å². The summed E-state index contributed by atoms with van der Waals surface area (Å²) >= 11 is 0. The number of aliphatic carboxylic acids is 1. The second kappa shape index (κ2) is 7.95. The Bertz CT molecular complexity index is 818. The Labute approximate surface area is 152 Å². The van der Waals surface area contributed by atoms with Crippen molar-refractivity contribution in [3.05, 3.63) is 47.8 Å². The minimum absolute atomic E-state index is 0.203.